The fraction of sp³-hybridized carbons (Fsp3) is 0.154. The maximum absolute atomic E-state index is 12.8. The molecule has 0 spiro atoms. The van der Waals surface area contributed by atoms with Gasteiger partial charge in [-0.2, -0.15) is 26.3 Å². The molecule has 0 aliphatic carbocycles. The molecule has 2 aromatic heterocycles. The Bertz CT molecular complexity index is 1290. The quantitative estimate of drug-likeness (QED) is 0.183. The number of alkyl halides is 6. The first kappa shape index (κ1) is 30.6. The molecule has 2 heterocycles. The Morgan fingerprint density at radius 3 is 1.76 bits per heavy atom. The molecule has 0 saturated heterocycles. The number of aromatic nitrogens is 3. The van der Waals surface area contributed by atoms with Crippen molar-refractivity contribution in [2.24, 2.45) is 0 Å². The van der Waals surface area contributed by atoms with E-state index in [1.54, 1.807) is 26.0 Å². The predicted octanol–water partition coefficient (Wildman–Crippen LogP) is 7.04. The molecule has 0 bridgehead atoms. The van der Waals surface area contributed by atoms with Crippen molar-refractivity contribution in [2.75, 3.05) is 0 Å². The number of carboxylic acid groups (broad SMARTS) is 1. The normalized spacial score (nSPS) is 11.2. The van der Waals surface area contributed by atoms with E-state index in [0.717, 1.165) is 24.3 Å². The minimum atomic E-state index is -4.50. The van der Waals surface area contributed by atoms with E-state index < -0.39 is 29.4 Å². The molecule has 1 radical (unpaired) electrons. The van der Waals surface area contributed by atoms with Crippen LogP contribution < -0.4 is 0 Å². The molecular formula is C26H18F6IrN3O2-. The number of rotatable bonds is 3. The first-order valence-corrected chi connectivity index (χ1v) is 10.5. The van der Waals surface area contributed by atoms with E-state index in [9.17, 15) is 31.1 Å². The van der Waals surface area contributed by atoms with E-state index in [4.69, 9.17) is 5.11 Å². The van der Waals surface area contributed by atoms with Crippen LogP contribution in [0.2, 0.25) is 0 Å². The predicted molar refractivity (Wildman–Crippen MR) is 122 cm³/mol. The Morgan fingerprint density at radius 1 is 0.789 bits per heavy atom. The van der Waals surface area contributed by atoms with Crippen molar-refractivity contribution in [1.82, 2.24) is 15.0 Å². The number of hydrogen-bond acceptors (Lipinski definition) is 4. The van der Waals surface area contributed by atoms with Crippen LogP contribution in [0.4, 0.5) is 26.3 Å². The molecule has 0 aliphatic heterocycles. The zero-order valence-electron chi connectivity index (χ0n) is 19.6. The summed E-state index contributed by atoms with van der Waals surface area (Å²) in [6.07, 6.45) is -7.53. The summed E-state index contributed by atoms with van der Waals surface area (Å²) in [5.74, 6) is -0.990. The first-order chi connectivity index (χ1) is 17.3. The molecule has 0 amide bonds. The van der Waals surface area contributed by atoms with Crippen LogP contribution in [0.25, 0.3) is 22.5 Å². The van der Waals surface area contributed by atoms with Crippen molar-refractivity contribution in [2.45, 2.75) is 26.2 Å². The van der Waals surface area contributed by atoms with Crippen LogP contribution in [0.3, 0.4) is 0 Å². The van der Waals surface area contributed by atoms with Gasteiger partial charge in [0.15, 0.2) is 0 Å². The van der Waals surface area contributed by atoms with Crippen molar-refractivity contribution in [1.29, 1.82) is 0 Å². The van der Waals surface area contributed by atoms with Gasteiger partial charge in [0.2, 0.25) is 0 Å². The molecule has 0 unspecified atom stereocenters. The zero-order chi connectivity index (χ0) is 27.4. The summed E-state index contributed by atoms with van der Waals surface area (Å²) in [4.78, 5) is 22.5. The molecule has 38 heavy (non-hydrogen) atoms. The van der Waals surface area contributed by atoms with Crippen LogP contribution in [0.15, 0.2) is 66.9 Å². The minimum absolute atomic E-state index is 0. The number of hydrogen-bond donors (Lipinski definition) is 1. The van der Waals surface area contributed by atoms with Gasteiger partial charge in [0.05, 0.1) is 17.0 Å². The van der Waals surface area contributed by atoms with Gasteiger partial charge >= 0.3 is 18.3 Å². The molecule has 4 aromatic rings. The van der Waals surface area contributed by atoms with Crippen molar-refractivity contribution >= 4 is 5.97 Å². The number of nitrogens with zero attached hydrogens (tertiary/aromatic N) is 3. The summed E-state index contributed by atoms with van der Waals surface area (Å²) in [6, 6.07) is 14.6. The molecule has 0 fully saturated rings. The van der Waals surface area contributed by atoms with Crippen LogP contribution in [0.1, 0.15) is 33.0 Å². The zero-order valence-corrected chi connectivity index (χ0v) is 22.0. The number of carboxylic acids is 1. The molecule has 5 nitrogen and oxygen atoms in total. The van der Waals surface area contributed by atoms with Crippen LogP contribution in [0, 0.1) is 19.9 Å². The molecule has 12 heteroatoms. The Balaban J connectivity index is 0.000000430. The summed E-state index contributed by atoms with van der Waals surface area (Å²) in [6.45, 7) is 3.38. The summed E-state index contributed by atoms with van der Waals surface area (Å²) >= 11 is 0. The van der Waals surface area contributed by atoms with E-state index in [0.29, 0.717) is 17.0 Å². The Hall–Kier alpha value is -3.63. The number of pyridine rings is 1. The van der Waals surface area contributed by atoms with Crippen molar-refractivity contribution < 1.29 is 56.3 Å². The second-order valence-electron chi connectivity index (χ2n) is 7.68. The van der Waals surface area contributed by atoms with Gasteiger partial charge in [-0.1, -0.05) is 18.2 Å². The molecule has 1 N–H and O–H groups in total. The van der Waals surface area contributed by atoms with Gasteiger partial charge in [0.1, 0.15) is 5.69 Å². The van der Waals surface area contributed by atoms with Gasteiger partial charge in [-0.15, -0.1) is 29.8 Å². The molecule has 0 saturated carbocycles. The van der Waals surface area contributed by atoms with Crippen LogP contribution >= 0.6 is 0 Å². The van der Waals surface area contributed by atoms with Gasteiger partial charge < -0.3 is 5.11 Å². The molecule has 0 atom stereocenters. The summed E-state index contributed by atoms with van der Waals surface area (Å²) in [7, 11) is 0. The van der Waals surface area contributed by atoms with E-state index in [2.05, 4.69) is 21.0 Å². The summed E-state index contributed by atoms with van der Waals surface area (Å²) < 4.78 is 76.7. The van der Waals surface area contributed by atoms with Gasteiger partial charge in [-0.25, -0.2) is 9.78 Å². The van der Waals surface area contributed by atoms with Gasteiger partial charge in [-0.05, 0) is 49.2 Å². The van der Waals surface area contributed by atoms with Gasteiger partial charge in [-0.3, -0.25) is 9.97 Å². The third-order valence-corrected chi connectivity index (χ3v) is 5.07. The second kappa shape index (κ2) is 12.3. The Kier molecular flexibility index (Phi) is 9.88. The topological polar surface area (TPSA) is 76.0 Å². The number of carbonyl (C=O) groups is 1. The first-order valence-electron chi connectivity index (χ1n) is 10.5. The Labute approximate surface area is 227 Å². The second-order valence-corrected chi connectivity index (χ2v) is 7.68. The molecule has 4 rings (SSSR count). The van der Waals surface area contributed by atoms with E-state index in [-0.39, 0.29) is 42.8 Å². The number of aromatic carboxylic acids is 1. The average molecular weight is 711 g/mol. The summed E-state index contributed by atoms with van der Waals surface area (Å²) in [5, 5.41) is 8.32. The van der Waals surface area contributed by atoms with E-state index in [1.165, 1.54) is 30.5 Å². The maximum Gasteiger partial charge on any atom is 0.416 e. The largest absolute Gasteiger partial charge is 0.477 e. The van der Waals surface area contributed by atoms with Crippen molar-refractivity contribution in [3.63, 3.8) is 0 Å². The third kappa shape index (κ3) is 7.69. The van der Waals surface area contributed by atoms with E-state index in [1.807, 2.05) is 0 Å². The standard InChI is InChI=1S/C20H13F6N2.C6H5NO2.Ir/c1-11-12(2)28-18(14-5-9-16(10-6-14)20(24,25)26)17(27-11)13-3-7-15(8-4-13)19(21,22)23;8-6(9)5-3-1-2-4-7-5;/h3-5,7-10H,1-2H3;1-4H,(H,8,9);/q-1;;. The SMILES string of the molecule is Cc1nc(-c2[c-]cc(C(F)(F)F)cc2)c(-c2ccc(C(F)(F)F)cc2)nc1C.O=C(O)c1ccccn1.[Ir]. The molecule has 0 aliphatic rings. The molecule has 201 valence electrons. The third-order valence-electron chi connectivity index (χ3n) is 5.07. The van der Waals surface area contributed by atoms with Crippen molar-refractivity contribution in [3.8, 4) is 22.5 Å². The van der Waals surface area contributed by atoms with Crippen LogP contribution in [-0.2, 0) is 32.5 Å². The summed E-state index contributed by atoms with van der Waals surface area (Å²) in [5.41, 5.74) is 0.677. The van der Waals surface area contributed by atoms with E-state index >= 15 is 0 Å². The minimum Gasteiger partial charge on any atom is -0.477 e. The maximum atomic E-state index is 12.8. The van der Waals surface area contributed by atoms with Crippen LogP contribution in [0.5, 0.6) is 0 Å². The van der Waals surface area contributed by atoms with Gasteiger partial charge in [0, 0.05) is 37.7 Å². The van der Waals surface area contributed by atoms with Crippen molar-refractivity contribution in [3.05, 3.63) is 101 Å². The number of benzene rings is 2. The smallest absolute Gasteiger partial charge is 0.416 e. The molecule has 2 aromatic carbocycles. The monoisotopic (exact) mass is 711 g/mol. The van der Waals surface area contributed by atoms with Crippen LogP contribution in [-0.4, -0.2) is 26.0 Å². The Morgan fingerprint density at radius 2 is 1.34 bits per heavy atom. The van der Waals surface area contributed by atoms with Gasteiger partial charge in [0.25, 0.3) is 0 Å². The average Bonchev–Trinajstić information content (AvgIpc) is 2.85. The number of aryl methyl sites for hydroxylation is 2. The fourth-order valence-corrected chi connectivity index (χ4v) is 3.05. The molecular weight excluding hydrogens is 693 g/mol. The fourth-order valence-electron chi connectivity index (χ4n) is 3.05. The number of halogens is 6.